The topological polar surface area (TPSA) is 59.6 Å². The van der Waals surface area contributed by atoms with E-state index < -0.39 is 5.92 Å². The van der Waals surface area contributed by atoms with E-state index in [0.29, 0.717) is 37.4 Å². The number of rotatable bonds is 4. The molecule has 1 aromatic rings. The maximum absolute atomic E-state index is 13.1. The predicted octanol–water partition coefficient (Wildman–Crippen LogP) is 3.04. The summed E-state index contributed by atoms with van der Waals surface area (Å²) >= 11 is 0. The average Bonchev–Trinajstić information content (AvgIpc) is 3.01. The molecule has 1 saturated carbocycles. The molecule has 1 heterocycles. The van der Waals surface area contributed by atoms with Crippen LogP contribution in [0.4, 0.5) is 13.6 Å². The van der Waals surface area contributed by atoms with E-state index in [2.05, 4.69) is 10.6 Å². The second kappa shape index (κ2) is 6.60. The molecule has 0 atom stereocenters. The van der Waals surface area contributed by atoms with Crippen LogP contribution in [-0.2, 0) is 6.54 Å². The third-order valence-electron chi connectivity index (χ3n) is 4.31. The lowest BCUT2D eigenvalue weighted by molar-refractivity contribution is -0.0451. The Morgan fingerprint density at radius 1 is 1.22 bits per heavy atom. The summed E-state index contributed by atoms with van der Waals surface area (Å²) in [7, 11) is 0. The largest absolute Gasteiger partial charge is 0.454 e. The molecule has 0 bridgehead atoms. The summed E-state index contributed by atoms with van der Waals surface area (Å²) in [5.41, 5.74) is 0.840. The highest BCUT2D eigenvalue weighted by atomic mass is 19.3. The highest BCUT2D eigenvalue weighted by Crippen LogP contribution is 2.36. The van der Waals surface area contributed by atoms with Crippen molar-refractivity contribution in [3.05, 3.63) is 23.8 Å². The van der Waals surface area contributed by atoms with E-state index in [4.69, 9.17) is 9.47 Å². The summed E-state index contributed by atoms with van der Waals surface area (Å²) in [4.78, 5) is 11.8. The summed E-state index contributed by atoms with van der Waals surface area (Å²) in [6.07, 6.45) is 0.720. The average molecular weight is 326 g/mol. The first-order chi connectivity index (χ1) is 11.0. The summed E-state index contributed by atoms with van der Waals surface area (Å²) in [5, 5.41) is 5.50. The van der Waals surface area contributed by atoms with E-state index in [1.807, 2.05) is 18.2 Å². The molecule has 23 heavy (non-hydrogen) atoms. The van der Waals surface area contributed by atoms with Crippen LogP contribution in [-0.4, -0.2) is 25.3 Å². The fourth-order valence-corrected chi connectivity index (χ4v) is 2.91. The van der Waals surface area contributed by atoms with Gasteiger partial charge < -0.3 is 20.1 Å². The summed E-state index contributed by atoms with van der Waals surface area (Å²) in [6.45, 7) is 0.931. The van der Waals surface area contributed by atoms with Gasteiger partial charge in [-0.25, -0.2) is 13.6 Å². The molecule has 5 nitrogen and oxygen atoms in total. The Balaban J connectivity index is 1.41. The van der Waals surface area contributed by atoms with E-state index in [9.17, 15) is 13.6 Å². The minimum absolute atomic E-state index is 0.0888. The second-order valence-corrected chi connectivity index (χ2v) is 6.01. The molecule has 1 aliphatic carbocycles. The van der Waals surface area contributed by atoms with Crippen LogP contribution >= 0.6 is 0 Å². The highest BCUT2D eigenvalue weighted by molar-refractivity contribution is 5.74. The number of benzene rings is 1. The van der Waals surface area contributed by atoms with E-state index in [1.165, 1.54) is 0 Å². The monoisotopic (exact) mass is 326 g/mol. The number of para-hydroxylation sites is 1. The van der Waals surface area contributed by atoms with Crippen LogP contribution < -0.4 is 20.1 Å². The van der Waals surface area contributed by atoms with Gasteiger partial charge in [0.2, 0.25) is 12.7 Å². The Hall–Kier alpha value is -2.05. The van der Waals surface area contributed by atoms with Crippen molar-refractivity contribution in [1.82, 2.24) is 10.6 Å². The zero-order chi connectivity index (χ0) is 16.3. The molecule has 0 aromatic heterocycles. The number of ether oxygens (including phenoxy) is 2. The third-order valence-corrected chi connectivity index (χ3v) is 4.31. The fraction of sp³-hybridized carbons (Fsp3) is 0.562. The van der Waals surface area contributed by atoms with Crippen molar-refractivity contribution < 1.29 is 23.0 Å². The molecular formula is C16H20F2N2O3. The number of urea groups is 1. The van der Waals surface area contributed by atoms with E-state index in [-0.39, 0.29) is 31.6 Å². The maximum atomic E-state index is 13.1. The van der Waals surface area contributed by atoms with Gasteiger partial charge in [-0.05, 0) is 24.8 Å². The van der Waals surface area contributed by atoms with E-state index >= 15 is 0 Å². The van der Waals surface area contributed by atoms with Crippen LogP contribution in [0.15, 0.2) is 18.2 Å². The van der Waals surface area contributed by atoms with Gasteiger partial charge in [0.05, 0.1) is 0 Å². The molecule has 2 N–H and O–H groups in total. The van der Waals surface area contributed by atoms with Crippen LogP contribution in [0.2, 0.25) is 0 Å². The molecule has 1 aliphatic heterocycles. The lowest BCUT2D eigenvalue weighted by atomic mass is 9.87. The van der Waals surface area contributed by atoms with Gasteiger partial charge in [0.25, 0.3) is 0 Å². The van der Waals surface area contributed by atoms with Crippen LogP contribution in [0.25, 0.3) is 0 Å². The van der Waals surface area contributed by atoms with Gasteiger partial charge in [-0.15, -0.1) is 0 Å². The Morgan fingerprint density at radius 3 is 2.78 bits per heavy atom. The van der Waals surface area contributed by atoms with Crippen molar-refractivity contribution in [1.29, 1.82) is 0 Å². The van der Waals surface area contributed by atoms with Crippen LogP contribution in [0.1, 0.15) is 31.2 Å². The molecule has 1 fully saturated rings. The van der Waals surface area contributed by atoms with Gasteiger partial charge in [0.1, 0.15) is 0 Å². The van der Waals surface area contributed by atoms with Gasteiger partial charge >= 0.3 is 6.03 Å². The van der Waals surface area contributed by atoms with Crippen molar-refractivity contribution >= 4 is 6.03 Å². The van der Waals surface area contributed by atoms with Gasteiger partial charge in [0.15, 0.2) is 11.5 Å². The molecule has 3 rings (SSSR count). The fourth-order valence-electron chi connectivity index (χ4n) is 2.91. The molecule has 0 saturated heterocycles. The number of alkyl halides is 2. The maximum Gasteiger partial charge on any atom is 0.315 e. The quantitative estimate of drug-likeness (QED) is 0.894. The summed E-state index contributed by atoms with van der Waals surface area (Å²) < 4.78 is 36.8. The number of hydrogen-bond donors (Lipinski definition) is 2. The van der Waals surface area contributed by atoms with Crippen LogP contribution in [0.5, 0.6) is 11.5 Å². The number of nitrogens with one attached hydrogen (secondary N) is 2. The lowest BCUT2D eigenvalue weighted by Gasteiger charge is -2.28. The van der Waals surface area contributed by atoms with Gasteiger partial charge in [0, 0.05) is 31.5 Å². The third kappa shape index (κ3) is 4.03. The molecule has 7 heteroatoms. The zero-order valence-corrected chi connectivity index (χ0v) is 12.7. The summed E-state index contributed by atoms with van der Waals surface area (Å²) in [6, 6.07) is 5.20. The normalized spacial score (nSPS) is 19.4. The van der Waals surface area contributed by atoms with E-state index in [0.717, 1.165) is 5.56 Å². The van der Waals surface area contributed by atoms with Crippen molar-refractivity contribution in [2.45, 2.75) is 38.2 Å². The molecule has 0 unspecified atom stereocenters. The predicted molar refractivity (Wildman–Crippen MR) is 79.7 cm³/mol. The Bertz CT molecular complexity index is 570. The number of hydrogen-bond acceptors (Lipinski definition) is 3. The van der Waals surface area contributed by atoms with Crippen molar-refractivity contribution in [3.8, 4) is 11.5 Å². The molecular weight excluding hydrogens is 306 g/mol. The Labute approximate surface area is 133 Å². The zero-order valence-electron chi connectivity index (χ0n) is 12.7. The lowest BCUT2D eigenvalue weighted by Crippen LogP contribution is -2.39. The molecule has 2 aliphatic rings. The Morgan fingerprint density at radius 2 is 2.00 bits per heavy atom. The summed E-state index contributed by atoms with van der Waals surface area (Å²) in [5.74, 6) is -1.08. The van der Waals surface area contributed by atoms with Gasteiger partial charge in [-0.2, -0.15) is 0 Å². The van der Waals surface area contributed by atoms with Crippen LogP contribution in [0.3, 0.4) is 0 Å². The van der Waals surface area contributed by atoms with Crippen molar-refractivity contribution in [2.75, 3.05) is 13.3 Å². The van der Waals surface area contributed by atoms with Gasteiger partial charge in [-0.1, -0.05) is 12.1 Å². The van der Waals surface area contributed by atoms with Crippen molar-refractivity contribution in [3.63, 3.8) is 0 Å². The Kier molecular flexibility index (Phi) is 4.54. The highest BCUT2D eigenvalue weighted by Gasteiger charge is 2.34. The minimum atomic E-state index is -2.53. The molecule has 0 spiro atoms. The number of carbonyl (C=O) groups is 1. The van der Waals surface area contributed by atoms with E-state index in [1.54, 1.807) is 0 Å². The second-order valence-electron chi connectivity index (χ2n) is 6.01. The number of fused-ring (bicyclic) bond motifs is 1. The SMILES string of the molecule is O=C(NCc1cccc2c1OCO2)NCC1CCC(F)(F)CC1. The number of halogens is 2. The molecule has 0 radical (unpaired) electrons. The first-order valence-electron chi connectivity index (χ1n) is 7.80. The van der Waals surface area contributed by atoms with Gasteiger partial charge in [-0.3, -0.25) is 0 Å². The first kappa shape index (κ1) is 15.8. The van der Waals surface area contributed by atoms with Crippen LogP contribution in [0, 0.1) is 5.92 Å². The first-order valence-corrected chi connectivity index (χ1v) is 7.80. The minimum Gasteiger partial charge on any atom is -0.454 e. The molecule has 126 valence electrons. The molecule has 1 aromatic carbocycles. The standard InChI is InChI=1S/C16H20F2N2O3/c17-16(18)6-4-11(5-7-16)8-19-15(21)20-9-12-2-1-3-13-14(12)23-10-22-13/h1-3,11H,4-10H2,(H2,19,20,21). The smallest absolute Gasteiger partial charge is 0.315 e. The molecule has 2 amide bonds. The number of carbonyl (C=O) groups excluding carboxylic acids is 1. The number of amides is 2. The van der Waals surface area contributed by atoms with Crippen molar-refractivity contribution in [2.24, 2.45) is 5.92 Å².